The van der Waals surface area contributed by atoms with E-state index in [1.165, 1.54) is 13.3 Å². The van der Waals surface area contributed by atoms with E-state index in [4.69, 9.17) is 0 Å². The molecule has 0 radical (unpaired) electrons. The number of ether oxygens (including phenoxy) is 1. The van der Waals surface area contributed by atoms with Crippen LogP contribution in [0.25, 0.3) is 10.8 Å². The molecule has 4 nitrogen and oxygen atoms in total. The van der Waals surface area contributed by atoms with Crippen LogP contribution in [0.5, 0.6) is 5.75 Å². The Labute approximate surface area is 100.0 Å². The van der Waals surface area contributed by atoms with E-state index in [-0.39, 0.29) is 11.4 Å². The minimum atomic E-state index is -0.653. The average molecular weight is 282 g/mol. The Balaban J connectivity index is 2.72. The van der Waals surface area contributed by atoms with Gasteiger partial charge < -0.3 is 9.84 Å². The molecule has 0 spiro atoms. The van der Waals surface area contributed by atoms with E-state index >= 15 is 0 Å². The fraction of sp³-hybridized carbons (Fsp3) is 0.0909. The van der Waals surface area contributed by atoms with Crippen LogP contribution in [0.3, 0.4) is 0 Å². The number of halogens is 1. The number of hydrogen-bond acceptors (Lipinski definition) is 4. The first kappa shape index (κ1) is 10.9. The van der Waals surface area contributed by atoms with E-state index in [2.05, 4.69) is 25.7 Å². The first-order valence-electron chi connectivity index (χ1n) is 4.49. The Morgan fingerprint density at radius 3 is 2.94 bits per heavy atom. The molecule has 0 unspecified atom stereocenters. The van der Waals surface area contributed by atoms with Crippen LogP contribution in [-0.4, -0.2) is 23.2 Å². The number of methoxy groups -OCH3 is 1. The van der Waals surface area contributed by atoms with Crippen molar-refractivity contribution in [2.24, 2.45) is 0 Å². The van der Waals surface area contributed by atoms with Crippen LogP contribution in [0, 0.1) is 0 Å². The number of pyridine rings is 1. The number of carbonyl (C=O) groups is 1. The number of carbonyl (C=O) groups excluding carboxylic acids is 1. The zero-order chi connectivity index (χ0) is 11.7. The van der Waals surface area contributed by atoms with Gasteiger partial charge in [0.2, 0.25) is 0 Å². The zero-order valence-electron chi connectivity index (χ0n) is 8.40. The summed E-state index contributed by atoms with van der Waals surface area (Å²) in [6, 6.07) is 5.35. The van der Waals surface area contributed by atoms with E-state index in [0.717, 1.165) is 9.86 Å². The molecule has 0 bridgehead atoms. The van der Waals surface area contributed by atoms with Gasteiger partial charge in [-0.1, -0.05) is 22.0 Å². The van der Waals surface area contributed by atoms with Crippen molar-refractivity contribution in [1.29, 1.82) is 0 Å². The van der Waals surface area contributed by atoms with Gasteiger partial charge >= 0.3 is 5.97 Å². The van der Waals surface area contributed by atoms with E-state index < -0.39 is 5.97 Å². The molecule has 1 aromatic heterocycles. The van der Waals surface area contributed by atoms with E-state index in [1.807, 2.05) is 6.07 Å². The third kappa shape index (κ3) is 1.74. The van der Waals surface area contributed by atoms with Gasteiger partial charge in [-0.2, -0.15) is 0 Å². The van der Waals surface area contributed by atoms with Gasteiger partial charge in [-0.25, -0.2) is 9.78 Å². The topological polar surface area (TPSA) is 59.4 Å². The molecule has 0 amide bonds. The third-order valence-corrected chi connectivity index (χ3v) is 2.70. The first-order chi connectivity index (χ1) is 7.63. The fourth-order valence-corrected chi connectivity index (χ4v) is 1.78. The molecule has 1 aromatic carbocycles. The third-order valence-electron chi connectivity index (χ3n) is 2.21. The molecule has 0 aliphatic heterocycles. The largest absolute Gasteiger partial charge is 0.505 e. The van der Waals surface area contributed by atoms with Crippen LogP contribution in [0.1, 0.15) is 10.5 Å². The zero-order valence-corrected chi connectivity index (χ0v) is 9.98. The summed E-state index contributed by atoms with van der Waals surface area (Å²) in [5.41, 5.74) is -0.0758. The monoisotopic (exact) mass is 281 g/mol. The van der Waals surface area contributed by atoms with Gasteiger partial charge in [0.15, 0.2) is 11.4 Å². The molecule has 0 saturated carbocycles. The van der Waals surface area contributed by atoms with Crippen molar-refractivity contribution in [2.45, 2.75) is 0 Å². The second-order valence-corrected chi connectivity index (χ2v) is 4.09. The Morgan fingerprint density at radius 1 is 1.50 bits per heavy atom. The maximum absolute atomic E-state index is 11.3. The number of nitrogens with zero attached hydrogens (tertiary/aromatic N) is 1. The van der Waals surface area contributed by atoms with E-state index in [9.17, 15) is 9.90 Å². The summed E-state index contributed by atoms with van der Waals surface area (Å²) >= 11 is 3.30. The molecular weight excluding hydrogens is 274 g/mol. The number of fused-ring (bicyclic) bond motifs is 1. The quantitative estimate of drug-likeness (QED) is 0.816. The molecule has 2 aromatic rings. The van der Waals surface area contributed by atoms with Crippen LogP contribution >= 0.6 is 15.9 Å². The van der Waals surface area contributed by atoms with Crippen molar-refractivity contribution in [3.8, 4) is 5.75 Å². The SMILES string of the molecule is COC(=O)c1ncc2ccc(Br)cc2c1O. The highest BCUT2D eigenvalue weighted by Gasteiger charge is 2.15. The number of benzene rings is 1. The minimum absolute atomic E-state index is 0.0758. The van der Waals surface area contributed by atoms with Gasteiger partial charge in [-0.15, -0.1) is 0 Å². The Kier molecular flexibility index (Phi) is 2.78. The molecular formula is C11H8BrNO3. The van der Waals surface area contributed by atoms with Gasteiger partial charge in [-0.3, -0.25) is 0 Å². The highest BCUT2D eigenvalue weighted by Crippen LogP contribution is 2.29. The molecule has 0 fully saturated rings. The number of hydrogen-bond donors (Lipinski definition) is 1. The van der Waals surface area contributed by atoms with Crippen LogP contribution in [-0.2, 0) is 4.74 Å². The number of rotatable bonds is 1. The molecule has 5 heteroatoms. The van der Waals surface area contributed by atoms with Crippen molar-refractivity contribution in [1.82, 2.24) is 4.98 Å². The summed E-state index contributed by atoms with van der Waals surface area (Å²) < 4.78 is 5.34. The lowest BCUT2D eigenvalue weighted by molar-refractivity contribution is 0.0591. The van der Waals surface area contributed by atoms with Crippen LogP contribution < -0.4 is 0 Å². The standard InChI is InChI=1S/C11H8BrNO3/c1-16-11(15)9-10(14)8-4-7(12)3-2-6(8)5-13-9/h2-5,14H,1H3. The molecule has 0 aliphatic rings. The second-order valence-electron chi connectivity index (χ2n) is 3.18. The van der Waals surface area contributed by atoms with Gasteiger partial charge in [0, 0.05) is 21.4 Å². The first-order valence-corrected chi connectivity index (χ1v) is 5.28. The maximum atomic E-state index is 11.3. The highest BCUT2D eigenvalue weighted by atomic mass is 79.9. The molecule has 1 N–H and O–H groups in total. The summed E-state index contributed by atoms with van der Waals surface area (Å²) in [5, 5.41) is 11.2. The van der Waals surface area contributed by atoms with Crippen molar-refractivity contribution < 1.29 is 14.6 Å². The minimum Gasteiger partial charge on any atom is -0.505 e. The Bertz CT molecular complexity index is 568. The molecule has 0 atom stereocenters. The van der Waals surface area contributed by atoms with E-state index in [1.54, 1.807) is 12.1 Å². The lowest BCUT2D eigenvalue weighted by Crippen LogP contribution is -2.04. The Morgan fingerprint density at radius 2 is 2.25 bits per heavy atom. The lowest BCUT2D eigenvalue weighted by Gasteiger charge is -2.05. The molecule has 0 saturated heterocycles. The molecule has 16 heavy (non-hydrogen) atoms. The maximum Gasteiger partial charge on any atom is 0.360 e. The summed E-state index contributed by atoms with van der Waals surface area (Å²) in [5.74, 6) is -0.815. The predicted octanol–water partition coefficient (Wildman–Crippen LogP) is 2.49. The lowest BCUT2D eigenvalue weighted by atomic mass is 10.1. The van der Waals surface area contributed by atoms with Crippen LogP contribution in [0.4, 0.5) is 0 Å². The smallest absolute Gasteiger partial charge is 0.360 e. The van der Waals surface area contributed by atoms with Crippen molar-refractivity contribution in [3.63, 3.8) is 0 Å². The van der Waals surface area contributed by atoms with Crippen molar-refractivity contribution >= 4 is 32.7 Å². The average Bonchev–Trinajstić information content (AvgIpc) is 2.29. The molecule has 82 valence electrons. The summed E-state index contributed by atoms with van der Waals surface area (Å²) in [6.45, 7) is 0. The molecule has 2 rings (SSSR count). The van der Waals surface area contributed by atoms with Crippen LogP contribution in [0.15, 0.2) is 28.9 Å². The second kappa shape index (κ2) is 4.09. The molecule has 1 heterocycles. The summed E-state index contributed by atoms with van der Waals surface area (Å²) in [4.78, 5) is 15.2. The fourth-order valence-electron chi connectivity index (χ4n) is 1.42. The summed E-state index contributed by atoms with van der Waals surface area (Å²) in [6.07, 6.45) is 1.52. The van der Waals surface area contributed by atoms with Crippen molar-refractivity contribution in [2.75, 3.05) is 7.11 Å². The van der Waals surface area contributed by atoms with Gasteiger partial charge in [-0.05, 0) is 12.1 Å². The van der Waals surface area contributed by atoms with Crippen molar-refractivity contribution in [3.05, 3.63) is 34.6 Å². The van der Waals surface area contributed by atoms with Gasteiger partial charge in [0.05, 0.1) is 7.11 Å². The van der Waals surface area contributed by atoms with Gasteiger partial charge in [0.25, 0.3) is 0 Å². The number of esters is 1. The summed E-state index contributed by atoms with van der Waals surface area (Å²) in [7, 11) is 1.24. The van der Waals surface area contributed by atoms with Gasteiger partial charge in [0.1, 0.15) is 0 Å². The Hall–Kier alpha value is -1.62. The molecule has 0 aliphatic carbocycles. The number of aromatic nitrogens is 1. The van der Waals surface area contributed by atoms with E-state index in [0.29, 0.717) is 5.39 Å². The normalized spacial score (nSPS) is 10.4. The predicted molar refractivity (Wildman–Crippen MR) is 62.4 cm³/mol. The number of aromatic hydroxyl groups is 1. The highest BCUT2D eigenvalue weighted by molar-refractivity contribution is 9.10. The van der Waals surface area contributed by atoms with Crippen LogP contribution in [0.2, 0.25) is 0 Å².